The van der Waals surface area contributed by atoms with E-state index < -0.39 is 53.8 Å². The lowest BCUT2D eigenvalue weighted by atomic mass is 9.96. The smallest absolute Gasteiger partial charge is 0.328 e. The first-order valence-electron chi connectivity index (χ1n) is 25.3. The van der Waals surface area contributed by atoms with Gasteiger partial charge in [-0.25, -0.2) is 14.4 Å². The van der Waals surface area contributed by atoms with E-state index in [0.29, 0.717) is 0 Å². The number of aromatic nitrogens is 3. The Labute approximate surface area is 418 Å². The lowest BCUT2D eigenvalue weighted by molar-refractivity contribution is -0.144. The van der Waals surface area contributed by atoms with Gasteiger partial charge in [0.15, 0.2) is 18.1 Å². The van der Waals surface area contributed by atoms with E-state index in [4.69, 9.17) is 29.5 Å². The SMILES string of the molecule is C1CCCCC1.CC.CC(=O)NC(COCc1ccc2c(n1)CCCC2)C(=O)O.CC(=O)NC(COCc1ccc2c(n1)CCCC2)C(=O)O.CC(=O)NC(COCc1ccc2c(n1)CCCC2)C(=O)O. The summed E-state index contributed by atoms with van der Waals surface area (Å²) in [6, 6.07) is 8.88. The number of aliphatic carboxylic acids is 3. The van der Waals surface area contributed by atoms with Crippen molar-refractivity contribution in [1.82, 2.24) is 30.9 Å². The molecule has 3 aromatic rings. The van der Waals surface area contributed by atoms with Gasteiger partial charge in [-0.05, 0) is 112 Å². The molecular weight excluding hydrogens is 913 g/mol. The quantitative estimate of drug-likeness (QED) is 0.0788. The van der Waals surface area contributed by atoms with Crippen molar-refractivity contribution in [3.63, 3.8) is 0 Å². The lowest BCUT2D eigenvalue weighted by Gasteiger charge is -2.16. The van der Waals surface area contributed by atoms with Gasteiger partial charge < -0.3 is 45.5 Å². The Morgan fingerprint density at radius 3 is 0.887 bits per heavy atom. The minimum atomic E-state index is -1.11. The van der Waals surface area contributed by atoms with Crippen LogP contribution in [0.4, 0.5) is 0 Å². The zero-order valence-corrected chi connectivity index (χ0v) is 42.5. The maximum atomic E-state index is 11.0. The van der Waals surface area contributed by atoms with Gasteiger partial charge in [-0.1, -0.05) is 70.6 Å². The fourth-order valence-electron chi connectivity index (χ4n) is 8.29. The molecule has 392 valence electrons. The van der Waals surface area contributed by atoms with Gasteiger partial charge in [0.25, 0.3) is 0 Å². The monoisotopic (exact) mass is 991 g/mol. The van der Waals surface area contributed by atoms with E-state index in [9.17, 15) is 28.8 Å². The van der Waals surface area contributed by atoms with Crippen LogP contribution in [0, 0.1) is 0 Å². The van der Waals surface area contributed by atoms with Crippen molar-refractivity contribution < 1.29 is 58.3 Å². The predicted octanol–water partition coefficient (Wildman–Crippen LogP) is 6.57. The molecule has 0 bridgehead atoms. The van der Waals surface area contributed by atoms with Gasteiger partial charge in [0.2, 0.25) is 17.7 Å². The Balaban J connectivity index is 0.000000260. The zero-order valence-electron chi connectivity index (χ0n) is 42.5. The minimum Gasteiger partial charge on any atom is -0.480 e. The van der Waals surface area contributed by atoms with Crippen LogP contribution in [-0.2, 0) is 101 Å². The molecule has 18 nitrogen and oxygen atoms in total. The molecule has 18 heteroatoms. The van der Waals surface area contributed by atoms with Gasteiger partial charge in [-0.15, -0.1) is 0 Å². The molecule has 4 aliphatic carbocycles. The standard InChI is InChI=1S/3C15H20N2O4.C6H12.C2H6/c3*1-10(18)16-14(15(19)20)9-21-8-12-7-6-11-4-2-3-5-13(11)17-12;1-2-4-6-5-3-1;1-2/h3*6-7,14H,2-5,8-9H2,1H3,(H,16,18)(H,19,20);1-6H2;1-2H3. The van der Waals surface area contributed by atoms with E-state index in [-0.39, 0.29) is 39.6 Å². The lowest BCUT2D eigenvalue weighted by Crippen LogP contribution is -2.42. The van der Waals surface area contributed by atoms with Crippen molar-refractivity contribution in [1.29, 1.82) is 0 Å². The molecule has 3 heterocycles. The van der Waals surface area contributed by atoms with Crippen LogP contribution in [0.15, 0.2) is 36.4 Å². The fourth-order valence-corrected chi connectivity index (χ4v) is 8.29. The van der Waals surface area contributed by atoms with E-state index in [0.717, 1.165) is 92.0 Å². The third-order valence-electron chi connectivity index (χ3n) is 11.8. The molecule has 7 rings (SSSR count). The fraction of sp³-hybridized carbons (Fsp3) is 0.604. The highest BCUT2D eigenvalue weighted by atomic mass is 16.5. The van der Waals surface area contributed by atoms with Gasteiger partial charge in [-0.3, -0.25) is 29.3 Å². The number of carbonyl (C=O) groups is 6. The summed E-state index contributed by atoms with van der Waals surface area (Å²) in [4.78, 5) is 79.3. The summed E-state index contributed by atoms with van der Waals surface area (Å²) in [5, 5.41) is 33.9. The highest BCUT2D eigenvalue weighted by molar-refractivity contribution is 5.83. The number of hydrogen-bond acceptors (Lipinski definition) is 12. The van der Waals surface area contributed by atoms with E-state index in [1.54, 1.807) is 0 Å². The first-order valence-corrected chi connectivity index (χ1v) is 25.3. The highest BCUT2D eigenvalue weighted by Crippen LogP contribution is 2.22. The Hall–Kier alpha value is -5.85. The third-order valence-corrected chi connectivity index (χ3v) is 11.8. The number of nitrogens with one attached hydrogen (secondary N) is 3. The van der Waals surface area contributed by atoms with Crippen molar-refractivity contribution >= 4 is 35.6 Å². The first-order chi connectivity index (χ1) is 34.2. The summed E-state index contributed by atoms with van der Waals surface area (Å²) in [6.07, 6.45) is 22.3. The number of fused-ring (bicyclic) bond motifs is 3. The Morgan fingerprint density at radius 2 is 0.662 bits per heavy atom. The largest absolute Gasteiger partial charge is 0.480 e. The summed E-state index contributed by atoms with van der Waals surface area (Å²) in [6.45, 7) is 8.35. The van der Waals surface area contributed by atoms with Crippen LogP contribution in [0.1, 0.15) is 163 Å². The molecule has 0 aliphatic heterocycles. The molecule has 71 heavy (non-hydrogen) atoms. The number of rotatable bonds is 18. The second-order valence-electron chi connectivity index (χ2n) is 17.8. The second kappa shape index (κ2) is 33.7. The molecular formula is C53H78N6O12. The molecule has 1 fully saturated rings. The van der Waals surface area contributed by atoms with Crippen molar-refractivity contribution in [3.8, 4) is 0 Å². The maximum Gasteiger partial charge on any atom is 0.328 e. The molecule has 1 saturated carbocycles. The number of carbonyl (C=O) groups excluding carboxylic acids is 3. The highest BCUT2D eigenvalue weighted by Gasteiger charge is 2.21. The zero-order chi connectivity index (χ0) is 52.0. The second-order valence-corrected chi connectivity index (χ2v) is 17.8. The number of pyridine rings is 3. The maximum absolute atomic E-state index is 11.0. The van der Waals surface area contributed by atoms with Crippen LogP contribution in [0.25, 0.3) is 0 Å². The number of nitrogens with zero attached hydrogens (tertiary/aromatic N) is 3. The Bertz CT molecular complexity index is 1910. The topological polar surface area (TPSA) is 266 Å². The van der Waals surface area contributed by atoms with Crippen molar-refractivity contribution in [3.05, 3.63) is 87.3 Å². The molecule has 3 atom stereocenters. The number of aryl methyl sites for hydroxylation is 6. The van der Waals surface area contributed by atoms with Crippen molar-refractivity contribution in [2.24, 2.45) is 0 Å². The third kappa shape index (κ3) is 23.7. The molecule has 4 aliphatic rings. The molecule has 0 radical (unpaired) electrons. The Kier molecular flexibility index (Phi) is 28.2. The summed E-state index contributed by atoms with van der Waals surface area (Å²) >= 11 is 0. The van der Waals surface area contributed by atoms with E-state index in [1.807, 2.05) is 32.0 Å². The average molecular weight is 991 g/mol. The molecule has 0 saturated heterocycles. The summed E-state index contributed by atoms with van der Waals surface area (Å²) in [5.41, 5.74) is 9.65. The van der Waals surface area contributed by atoms with Crippen LogP contribution in [0.5, 0.6) is 0 Å². The molecule has 0 spiro atoms. The number of carboxylic acid groups (broad SMARTS) is 3. The molecule has 3 unspecified atom stereocenters. The molecule has 3 amide bonds. The summed E-state index contributed by atoms with van der Waals surface area (Å²) in [5.74, 6) is -4.50. The molecule has 0 aromatic carbocycles. The normalized spacial score (nSPS) is 15.5. The van der Waals surface area contributed by atoms with Crippen molar-refractivity contribution in [2.45, 2.75) is 188 Å². The van der Waals surface area contributed by atoms with Crippen molar-refractivity contribution in [2.75, 3.05) is 19.8 Å². The van der Waals surface area contributed by atoms with E-state index in [2.05, 4.69) is 49.1 Å². The van der Waals surface area contributed by atoms with Crippen LogP contribution in [-0.4, -0.2) is 104 Å². The number of amides is 3. The van der Waals surface area contributed by atoms with Gasteiger partial charge in [0.05, 0.1) is 56.7 Å². The van der Waals surface area contributed by atoms with Crippen LogP contribution < -0.4 is 16.0 Å². The molecule has 6 N–H and O–H groups in total. The van der Waals surface area contributed by atoms with Crippen LogP contribution >= 0.6 is 0 Å². The predicted molar refractivity (Wildman–Crippen MR) is 266 cm³/mol. The molecule has 3 aromatic heterocycles. The van der Waals surface area contributed by atoms with Gasteiger partial charge in [0, 0.05) is 37.9 Å². The Morgan fingerprint density at radius 1 is 0.423 bits per heavy atom. The average Bonchev–Trinajstić information content (AvgIpc) is 3.36. The summed E-state index contributed by atoms with van der Waals surface area (Å²) in [7, 11) is 0. The van der Waals surface area contributed by atoms with Gasteiger partial charge in [-0.2, -0.15) is 0 Å². The summed E-state index contributed by atoms with van der Waals surface area (Å²) < 4.78 is 16.1. The van der Waals surface area contributed by atoms with Gasteiger partial charge >= 0.3 is 17.9 Å². The number of carboxylic acids is 3. The first kappa shape index (κ1) is 59.5. The minimum absolute atomic E-state index is 0.0757. The van der Waals surface area contributed by atoms with E-state index in [1.165, 1.54) is 95.2 Å². The number of hydrogen-bond donors (Lipinski definition) is 6. The van der Waals surface area contributed by atoms with Crippen LogP contribution in [0.3, 0.4) is 0 Å². The number of ether oxygens (including phenoxy) is 3. The van der Waals surface area contributed by atoms with E-state index >= 15 is 0 Å². The van der Waals surface area contributed by atoms with Crippen LogP contribution in [0.2, 0.25) is 0 Å². The van der Waals surface area contributed by atoms with Gasteiger partial charge in [0.1, 0.15) is 0 Å².